The van der Waals surface area contributed by atoms with E-state index in [0.29, 0.717) is 5.75 Å². The van der Waals surface area contributed by atoms with Gasteiger partial charge in [-0.2, -0.15) is 0 Å². The van der Waals surface area contributed by atoms with Crippen LogP contribution >= 0.6 is 0 Å². The summed E-state index contributed by atoms with van der Waals surface area (Å²) in [6.07, 6.45) is 0. The first-order chi connectivity index (χ1) is 10.6. The van der Waals surface area contributed by atoms with Gasteiger partial charge in [0.25, 0.3) is 0 Å². The zero-order chi connectivity index (χ0) is 15.7. The number of hydrogen-bond acceptors (Lipinski definition) is 2. The monoisotopic (exact) mass is 311 g/mol. The Morgan fingerprint density at radius 3 is 2.36 bits per heavy atom. The minimum atomic E-state index is -1.17. The Bertz CT molecular complexity index is 865. The Kier molecular flexibility index (Phi) is 3.94. The van der Waals surface area contributed by atoms with Crippen LogP contribution in [-0.2, 0) is 16.6 Å². The van der Waals surface area contributed by atoms with Crippen LogP contribution in [-0.4, -0.2) is 14.7 Å². The van der Waals surface area contributed by atoms with E-state index in [-0.39, 0.29) is 5.91 Å². The van der Waals surface area contributed by atoms with Gasteiger partial charge in [-0.05, 0) is 30.7 Å². The predicted molar refractivity (Wildman–Crippen MR) is 89.5 cm³/mol. The van der Waals surface area contributed by atoms with Crippen LogP contribution in [0, 0.1) is 6.92 Å². The van der Waals surface area contributed by atoms with Gasteiger partial charge in [-0.3, -0.25) is 13.6 Å². The smallest absolute Gasteiger partial charge is 0.228 e. The van der Waals surface area contributed by atoms with Crippen LogP contribution in [0.2, 0.25) is 0 Å². The zero-order valence-corrected chi connectivity index (χ0v) is 13.4. The second-order valence-electron chi connectivity index (χ2n) is 5.25. The van der Waals surface area contributed by atoms with E-state index in [0.717, 1.165) is 27.1 Å². The molecule has 0 aliphatic carbocycles. The van der Waals surface area contributed by atoms with Gasteiger partial charge < -0.3 is 0 Å². The highest BCUT2D eigenvalue weighted by molar-refractivity contribution is 7.84. The number of carbonyl (C=O) groups excluding carboxylic acids is 1. The highest BCUT2D eigenvalue weighted by Gasteiger charge is 2.18. The molecule has 4 heteroatoms. The van der Waals surface area contributed by atoms with Gasteiger partial charge in [0.15, 0.2) is 0 Å². The van der Waals surface area contributed by atoms with E-state index in [1.807, 2.05) is 61.5 Å². The summed E-state index contributed by atoms with van der Waals surface area (Å²) < 4.78 is 14.3. The average molecular weight is 311 g/mol. The van der Waals surface area contributed by atoms with Crippen LogP contribution in [0.1, 0.15) is 23.0 Å². The van der Waals surface area contributed by atoms with Crippen molar-refractivity contribution in [1.29, 1.82) is 0 Å². The van der Waals surface area contributed by atoms with Gasteiger partial charge in [0.05, 0.1) is 22.1 Å². The Hall–Kier alpha value is -2.20. The molecule has 0 fully saturated rings. The van der Waals surface area contributed by atoms with Crippen molar-refractivity contribution in [1.82, 2.24) is 4.57 Å². The van der Waals surface area contributed by atoms with Gasteiger partial charge in [-0.15, -0.1) is 0 Å². The molecular weight excluding hydrogens is 294 g/mol. The maximum absolute atomic E-state index is 12.6. The molecule has 0 aliphatic rings. The molecule has 0 spiro atoms. The van der Waals surface area contributed by atoms with Gasteiger partial charge in [0.2, 0.25) is 5.91 Å². The number of aromatic nitrogens is 1. The molecule has 3 nitrogen and oxygen atoms in total. The fourth-order valence-corrected chi connectivity index (χ4v) is 3.99. The van der Waals surface area contributed by atoms with E-state index in [9.17, 15) is 9.00 Å². The molecule has 0 saturated heterocycles. The lowest BCUT2D eigenvalue weighted by molar-refractivity contribution is 0.0939. The molecule has 1 unspecified atom stereocenters. The van der Waals surface area contributed by atoms with Gasteiger partial charge in [0, 0.05) is 22.9 Å². The molecule has 0 amide bonds. The van der Waals surface area contributed by atoms with Gasteiger partial charge >= 0.3 is 0 Å². The van der Waals surface area contributed by atoms with Crippen LogP contribution in [0.15, 0.2) is 59.5 Å². The lowest BCUT2D eigenvalue weighted by Crippen LogP contribution is -2.12. The van der Waals surface area contributed by atoms with Crippen LogP contribution in [0.5, 0.6) is 0 Å². The van der Waals surface area contributed by atoms with E-state index in [4.69, 9.17) is 0 Å². The molecule has 22 heavy (non-hydrogen) atoms. The van der Waals surface area contributed by atoms with Crippen molar-refractivity contribution in [3.8, 4) is 0 Å². The molecule has 3 rings (SSSR count). The Morgan fingerprint density at radius 1 is 1.05 bits per heavy atom. The minimum absolute atomic E-state index is 0.0515. The Morgan fingerprint density at radius 2 is 1.68 bits per heavy atom. The number of rotatable bonds is 3. The highest BCUT2D eigenvalue weighted by atomic mass is 32.2. The van der Waals surface area contributed by atoms with E-state index in [1.165, 1.54) is 0 Å². The first-order valence-electron chi connectivity index (χ1n) is 7.13. The van der Waals surface area contributed by atoms with Crippen molar-refractivity contribution >= 4 is 27.6 Å². The molecular formula is C18H17NO2S. The number of aryl methyl sites for hydroxylation is 1. The maximum Gasteiger partial charge on any atom is 0.228 e. The summed E-state index contributed by atoms with van der Waals surface area (Å²) in [4.78, 5) is 12.9. The third kappa shape index (κ3) is 2.50. The lowest BCUT2D eigenvalue weighted by Gasteiger charge is -2.08. The Balaban J connectivity index is 2.11. The topological polar surface area (TPSA) is 39.1 Å². The lowest BCUT2D eigenvalue weighted by atomic mass is 10.2. The maximum atomic E-state index is 12.6. The number of benzene rings is 2. The largest absolute Gasteiger partial charge is 0.283 e. The molecule has 0 bridgehead atoms. The number of para-hydroxylation sites is 1. The van der Waals surface area contributed by atoms with E-state index in [1.54, 1.807) is 11.5 Å². The summed E-state index contributed by atoms with van der Waals surface area (Å²) in [5.74, 6) is 0.286. The average Bonchev–Trinajstić information content (AvgIpc) is 2.81. The van der Waals surface area contributed by atoms with Crippen molar-refractivity contribution in [3.05, 3.63) is 65.9 Å². The molecule has 0 radical (unpaired) electrons. The predicted octanol–water partition coefficient (Wildman–Crippen LogP) is 3.92. The van der Waals surface area contributed by atoms with Crippen LogP contribution in [0.25, 0.3) is 10.9 Å². The summed E-state index contributed by atoms with van der Waals surface area (Å²) in [6.45, 7) is 3.53. The van der Waals surface area contributed by atoms with E-state index in [2.05, 4.69) is 0 Å². The standard InChI is InChI=1S/C18H17NO2S/c1-13-16-10-6-7-11-17(16)19(14(2)20)18(13)12-22(21)15-8-4-3-5-9-15/h3-11H,12H2,1-2H3. The summed E-state index contributed by atoms with van der Waals surface area (Å²) in [6, 6.07) is 17.2. The summed E-state index contributed by atoms with van der Waals surface area (Å²) >= 11 is 0. The third-order valence-electron chi connectivity index (χ3n) is 3.84. The molecule has 0 N–H and O–H groups in total. The molecule has 1 aromatic heterocycles. The van der Waals surface area contributed by atoms with Crippen molar-refractivity contribution < 1.29 is 9.00 Å². The fourth-order valence-electron chi connectivity index (χ4n) is 2.77. The third-order valence-corrected chi connectivity index (χ3v) is 5.17. The van der Waals surface area contributed by atoms with Crippen LogP contribution in [0.3, 0.4) is 0 Å². The van der Waals surface area contributed by atoms with E-state index < -0.39 is 10.8 Å². The molecule has 112 valence electrons. The molecule has 1 atom stereocenters. The summed E-state index contributed by atoms with van der Waals surface area (Å²) in [5.41, 5.74) is 2.73. The summed E-state index contributed by atoms with van der Waals surface area (Å²) in [5, 5.41) is 1.04. The van der Waals surface area contributed by atoms with Crippen molar-refractivity contribution in [2.24, 2.45) is 0 Å². The summed E-state index contributed by atoms with van der Waals surface area (Å²) in [7, 11) is -1.17. The van der Waals surface area contributed by atoms with Crippen LogP contribution in [0.4, 0.5) is 0 Å². The molecule has 3 aromatic rings. The van der Waals surface area contributed by atoms with Gasteiger partial charge in [-0.1, -0.05) is 36.4 Å². The minimum Gasteiger partial charge on any atom is -0.283 e. The number of carbonyl (C=O) groups is 1. The van der Waals surface area contributed by atoms with E-state index >= 15 is 0 Å². The molecule has 0 saturated carbocycles. The zero-order valence-electron chi connectivity index (χ0n) is 12.6. The van der Waals surface area contributed by atoms with Crippen molar-refractivity contribution in [2.75, 3.05) is 0 Å². The number of hydrogen-bond donors (Lipinski definition) is 0. The first-order valence-corrected chi connectivity index (χ1v) is 8.44. The van der Waals surface area contributed by atoms with Gasteiger partial charge in [0.1, 0.15) is 0 Å². The molecule has 0 aliphatic heterocycles. The Labute approximate surface area is 132 Å². The van der Waals surface area contributed by atoms with Gasteiger partial charge in [-0.25, -0.2) is 0 Å². The fraction of sp³-hybridized carbons (Fsp3) is 0.167. The molecule has 1 heterocycles. The SMILES string of the molecule is CC(=O)n1c(CS(=O)c2ccccc2)c(C)c2ccccc21. The van der Waals surface area contributed by atoms with Crippen LogP contribution < -0.4 is 0 Å². The number of fused-ring (bicyclic) bond motifs is 1. The second kappa shape index (κ2) is 5.89. The quantitative estimate of drug-likeness (QED) is 0.735. The first kappa shape index (κ1) is 14.7. The normalized spacial score (nSPS) is 12.5. The van der Waals surface area contributed by atoms with Crippen molar-refractivity contribution in [2.45, 2.75) is 24.5 Å². The second-order valence-corrected chi connectivity index (χ2v) is 6.70. The number of nitrogens with zero attached hydrogens (tertiary/aromatic N) is 1. The highest BCUT2D eigenvalue weighted by Crippen LogP contribution is 2.27. The molecule has 2 aromatic carbocycles. The van der Waals surface area contributed by atoms with Crippen molar-refractivity contribution in [3.63, 3.8) is 0 Å².